The molecule has 0 radical (unpaired) electrons. The zero-order valence-corrected chi connectivity index (χ0v) is 15.1. The van der Waals surface area contributed by atoms with Crippen LogP contribution in [0.15, 0.2) is 0 Å². The van der Waals surface area contributed by atoms with Gasteiger partial charge in [-0.3, -0.25) is 9.68 Å². The van der Waals surface area contributed by atoms with Crippen molar-refractivity contribution >= 4 is 18.1 Å². The predicted molar refractivity (Wildman–Crippen MR) is 35.2 cm³/mol. The van der Waals surface area contributed by atoms with E-state index < -0.39 is 24.5 Å². The monoisotopic (exact) mass is 250 g/mol. The number of carbonyl (C=O) groups excluding carboxylic acids is 2. The molecule has 74 valence electrons. The van der Waals surface area contributed by atoms with Crippen LogP contribution in [0.25, 0.3) is 0 Å². The zero-order chi connectivity index (χ0) is 9.56. The minimum absolute atomic E-state index is 0. The van der Waals surface area contributed by atoms with Crippen molar-refractivity contribution in [2.75, 3.05) is 7.11 Å². The number of ether oxygens (including phenoxy) is 1. The fraction of sp³-hybridized carbons (Fsp3) is 0.400. The summed E-state index contributed by atoms with van der Waals surface area (Å²) >= 11 is 0. The molecule has 0 rings (SSSR count). The largest absolute Gasteiger partial charge is 1.00 e. The van der Waals surface area contributed by atoms with Gasteiger partial charge in [0.1, 0.15) is 6.42 Å². The Labute approximate surface area is 156 Å². The van der Waals surface area contributed by atoms with Crippen LogP contribution in [0.2, 0.25) is 0 Å². The number of hydrogen-bond donors (Lipinski definition) is 1. The van der Waals surface area contributed by atoms with E-state index >= 15 is 0 Å². The molecule has 0 heterocycles. The molecule has 0 aromatic heterocycles. The fourth-order valence-corrected chi connectivity index (χ4v) is 0.374. The molecule has 0 aromatic rings. The van der Waals surface area contributed by atoms with Crippen LogP contribution in [-0.4, -0.2) is 30.3 Å². The van der Waals surface area contributed by atoms with E-state index in [-0.39, 0.29) is 93.0 Å². The summed E-state index contributed by atoms with van der Waals surface area (Å²) in [5.74, 6) is -2.24. The Morgan fingerprint density at radius 3 is 1.93 bits per heavy atom. The summed E-state index contributed by atoms with van der Waals surface area (Å²) in [6, 6.07) is 0. The van der Waals surface area contributed by atoms with Gasteiger partial charge in [-0.05, 0) is 0 Å². The maximum absolute atomic E-state index is 10.4. The molecule has 0 aliphatic rings. The van der Waals surface area contributed by atoms with Crippen molar-refractivity contribution < 1.29 is 127 Å². The quantitative estimate of drug-likeness (QED) is 0.174. The van der Waals surface area contributed by atoms with Crippen molar-refractivity contribution in [2.45, 2.75) is 6.42 Å². The number of esters is 1. The molecule has 0 amide bonds. The van der Waals surface area contributed by atoms with Gasteiger partial charge >= 0.3 is 107 Å². The first-order valence-corrected chi connectivity index (χ1v) is 2.73. The smallest absolute Gasteiger partial charge is 1.00 e. The summed E-state index contributed by atoms with van der Waals surface area (Å²) in [5, 5.41) is 7.90. The van der Waals surface area contributed by atoms with Crippen LogP contribution in [0.4, 0.5) is 4.79 Å². The SMILES string of the molecule is COOC(=O)CC(=O)OC(=O)O.[H-].[H-].[H-].[Na+].[Na+].[Na+]. The molecule has 1 N–H and O–H groups in total. The van der Waals surface area contributed by atoms with Gasteiger partial charge in [0.15, 0.2) is 0 Å². The summed E-state index contributed by atoms with van der Waals surface area (Å²) < 4.78 is 3.59. The van der Waals surface area contributed by atoms with E-state index in [0.29, 0.717) is 0 Å². The third-order valence-electron chi connectivity index (χ3n) is 0.666. The third kappa shape index (κ3) is 18.0. The van der Waals surface area contributed by atoms with Gasteiger partial charge in [-0.2, -0.15) is 4.89 Å². The van der Waals surface area contributed by atoms with Gasteiger partial charge in [0.2, 0.25) is 0 Å². The molecule has 0 saturated heterocycles. The molecular formula is C5H9Na3O7. The van der Waals surface area contributed by atoms with Crippen LogP contribution in [0.5, 0.6) is 0 Å². The Morgan fingerprint density at radius 1 is 1.13 bits per heavy atom. The standard InChI is InChI=1S/C5H6O7.3Na.3H/c1-10-12-4(7)2-3(6)11-5(8)9;;;;;;/h2H2,1H3,(H,8,9);;;;;;/q;3*+1;3*-1. The summed E-state index contributed by atoms with van der Waals surface area (Å²) in [6.45, 7) is 0. The van der Waals surface area contributed by atoms with Crippen molar-refractivity contribution in [1.82, 2.24) is 0 Å². The summed E-state index contributed by atoms with van der Waals surface area (Å²) in [7, 11) is 1.07. The van der Waals surface area contributed by atoms with E-state index in [2.05, 4.69) is 14.5 Å². The van der Waals surface area contributed by atoms with Crippen molar-refractivity contribution in [1.29, 1.82) is 0 Å². The third-order valence-corrected chi connectivity index (χ3v) is 0.666. The summed E-state index contributed by atoms with van der Waals surface area (Å²) in [5.41, 5.74) is 0. The molecule has 0 fully saturated rings. The predicted octanol–water partition coefficient (Wildman–Crippen LogP) is -8.95. The molecule has 15 heavy (non-hydrogen) atoms. The molecule has 0 aliphatic carbocycles. The van der Waals surface area contributed by atoms with Crippen molar-refractivity contribution in [3.63, 3.8) is 0 Å². The molecule has 0 unspecified atom stereocenters. The average molecular weight is 250 g/mol. The van der Waals surface area contributed by atoms with Crippen LogP contribution in [-0.2, 0) is 24.1 Å². The molecule has 10 heteroatoms. The van der Waals surface area contributed by atoms with Gasteiger partial charge in [0.05, 0.1) is 7.11 Å². The van der Waals surface area contributed by atoms with Gasteiger partial charge in [-0.25, -0.2) is 9.59 Å². The minimum Gasteiger partial charge on any atom is -1.00 e. The molecule has 0 spiro atoms. The van der Waals surface area contributed by atoms with Crippen LogP contribution < -0.4 is 88.7 Å². The molecule has 0 aromatic carbocycles. The van der Waals surface area contributed by atoms with E-state index in [1.807, 2.05) is 0 Å². The van der Waals surface area contributed by atoms with E-state index in [1.54, 1.807) is 0 Å². The molecular weight excluding hydrogens is 241 g/mol. The Kier molecular flexibility index (Phi) is 25.9. The number of carbonyl (C=O) groups is 3. The Morgan fingerprint density at radius 2 is 1.60 bits per heavy atom. The first-order valence-electron chi connectivity index (χ1n) is 2.73. The Hall–Kier alpha value is 1.37. The van der Waals surface area contributed by atoms with E-state index in [0.717, 1.165) is 7.11 Å². The van der Waals surface area contributed by atoms with Gasteiger partial charge in [-0.1, -0.05) is 0 Å². The number of hydrogen-bond acceptors (Lipinski definition) is 6. The van der Waals surface area contributed by atoms with Crippen LogP contribution in [0.3, 0.4) is 0 Å². The van der Waals surface area contributed by atoms with Crippen molar-refractivity contribution in [3.05, 3.63) is 0 Å². The second kappa shape index (κ2) is 15.4. The number of rotatable bonds is 3. The van der Waals surface area contributed by atoms with E-state index in [9.17, 15) is 14.4 Å². The van der Waals surface area contributed by atoms with Crippen LogP contribution in [0.1, 0.15) is 10.7 Å². The Balaban J connectivity index is -0.0000000403. The molecule has 0 bridgehead atoms. The van der Waals surface area contributed by atoms with E-state index in [4.69, 9.17) is 5.11 Å². The summed E-state index contributed by atoms with van der Waals surface area (Å²) in [4.78, 5) is 38.3. The fourth-order valence-electron chi connectivity index (χ4n) is 0.374. The van der Waals surface area contributed by atoms with Gasteiger partial charge in [0.25, 0.3) is 0 Å². The Bertz CT molecular complexity index is 219. The molecule has 0 atom stereocenters. The maximum Gasteiger partial charge on any atom is 1.00 e. The normalized spacial score (nSPS) is 7.00. The van der Waals surface area contributed by atoms with Gasteiger partial charge in [0, 0.05) is 0 Å². The number of carboxylic acid groups (broad SMARTS) is 1. The molecule has 0 aliphatic heterocycles. The second-order valence-corrected chi connectivity index (χ2v) is 1.54. The van der Waals surface area contributed by atoms with Gasteiger partial charge in [-0.15, -0.1) is 0 Å². The topological polar surface area (TPSA) is 99.1 Å². The molecule has 7 nitrogen and oxygen atoms in total. The molecule has 0 saturated carbocycles. The average Bonchev–Trinajstić information content (AvgIpc) is 1.84. The first-order chi connectivity index (χ1) is 5.56. The van der Waals surface area contributed by atoms with E-state index in [1.165, 1.54) is 0 Å². The zero-order valence-electron chi connectivity index (χ0n) is 12.1. The van der Waals surface area contributed by atoms with Crippen LogP contribution in [0, 0.1) is 0 Å². The first kappa shape index (κ1) is 25.3. The maximum atomic E-state index is 10.4. The second-order valence-electron chi connectivity index (χ2n) is 1.54. The van der Waals surface area contributed by atoms with Crippen LogP contribution >= 0.6 is 0 Å². The minimum atomic E-state index is -1.77. The summed E-state index contributed by atoms with van der Waals surface area (Å²) in [6.07, 6.45) is -2.58. The van der Waals surface area contributed by atoms with Crippen molar-refractivity contribution in [2.24, 2.45) is 0 Å². The van der Waals surface area contributed by atoms with Crippen molar-refractivity contribution in [3.8, 4) is 0 Å². The van der Waals surface area contributed by atoms with Gasteiger partial charge < -0.3 is 14.1 Å².